The Labute approximate surface area is 96.6 Å². The first-order valence-electron chi connectivity index (χ1n) is 5.00. The van der Waals surface area contributed by atoms with E-state index in [2.05, 4.69) is 10.3 Å². The smallest absolute Gasteiger partial charge is 0.311 e. The quantitative estimate of drug-likeness (QED) is 0.529. The number of pyridine rings is 1. The molecular weight excluding hydrogens is 226 g/mol. The van der Waals surface area contributed by atoms with Gasteiger partial charge in [-0.15, -0.1) is 0 Å². The first-order valence-corrected chi connectivity index (χ1v) is 5.00. The zero-order valence-corrected chi connectivity index (χ0v) is 8.92. The molecule has 8 heteroatoms. The second kappa shape index (κ2) is 4.24. The highest BCUT2D eigenvalue weighted by atomic mass is 16.6. The Balaban J connectivity index is 2.25. The van der Waals surface area contributed by atoms with Gasteiger partial charge in [0.15, 0.2) is 0 Å². The van der Waals surface area contributed by atoms with Crippen LogP contribution in [-0.2, 0) is 4.79 Å². The van der Waals surface area contributed by atoms with E-state index in [4.69, 9.17) is 5.73 Å². The Morgan fingerprint density at radius 2 is 2.29 bits per heavy atom. The Morgan fingerprint density at radius 3 is 2.88 bits per heavy atom. The summed E-state index contributed by atoms with van der Waals surface area (Å²) in [6.45, 7) is 1.32. The van der Waals surface area contributed by atoms with E-state index in [1.54, 1.807) is 4.90 Å². The molecule has 0 aromatic carbocycles. The van der Waals surface area contributed by atoms with E-state index in [1.165, 1.54) is 12.1 Å². The monoisotopic (exact) mass is 237 g/mol. The fourth-order valence-electron chi connectivity index (χ4n) is 1.62. The maximum atomic E-state index is 11.2. The number of nitro groups is 1. The Kier molecular flexibility index (Phi) is 2.77. The van der Waals surface area contributed by atoms with E-state index < -0.39 is 4.92 Å². The van der Waals surface area contributed by atoms with Crippen molar-refractivity contribution in [3.63, 3.8) is 0 Å². The Hall–Kier alpha value is -2.38. The number of nitrogens with one attached hydrogen (secondary N) is 1. The molecule has 0 unspecified atom stereocenters. The number of carbonyl (C=O) groups is 1. The summed E-state index contributed by atoms with van der Waals surface area (Å²) >= 11 is 0. The van der Waals surface area contributed by atoms with Crippen LogP contribution in [0.25, 0.3) is 0 Å². The molecule has 17 heavy (non-hydrogen) atoms. The van der Waals surface area contributed by atoms with E-state index in [0.717, 1.165) is 0 Å². The molecule has 0 saturated carbocycles. The summed E-state index contributed by atoms with van der Waals surface area (Å²) in [4.78, 5) is 26.8. The fourth-order valence-corrected chi connectivity index (χ4v) is 1.62. The highest BCUT2D eigenvalue weighted by molar-refractivity contribution is 5.82. The number of piperazine rings is 1. The molecule has 2 heterocycles. The predicted octanol–water partition coefficient (Wildman–Crippen LogP) is -0.492. The van der Waals surface area contributed by atoms with Crippen LogP contribution in [0.2, 0.25) is 0 Å². The molecular formula is C9H11N5O3. The van der Waals surface area contributed by atoms with Crippen LogP contribution in [0.1, 0.15) is 0 Å². The topological polar surface area (TPSA) is 114 Å². The molecule has 1 aromatic rings. The molecule has 0 spiro atoms. The average Bonchev–Trinajstić information content (AvgIpc) is 2.28. The molecule has 1 amide bonds. The zero-order valence-electron chi connectivity index (χ0n) is 8.92. The number of hydrogen-bond acceptors (Lipinski definition) is 6. The van der Waals surface area contributed by atoms with Crippen LogP contribution in [0.3, 0.4) is 0 Å². The van der Waals surface area contributed by atoms with Crippen molar-refractivity contribution in [2.45, 2.75) is 0 Å². The van der Waals surface area contributed by atoms with E-state index in [9.17, 15) is 14.9 Å². The lowest BCUT2D eigenvalue weighted by atomic mass is 10.3. The Bertz CT molecular complexity index is 476. The number of nitrogen functional groups attached to an aromatic ring is 1. The normalized spacial score (nSPS) is 15.5. The minimum absolute atomic E-state index is 0.102. The molecule has 1 aliphatic heterocycles. The molecule has 8 nitrogen and oxygen atoms in total. The first kappa shape index (κ1) is 11.1. The van der Waals surface area contributed by atoms with Crippen LogP contribution in [-0.4, -0.2) is 35.4 Å². The lowest BCUT2D eigenvalue weighted by molar-refractivity contribution is -0.384. The number of aromatic nitrogens is 1. The van der Waals surface area contributed by atoms with Crippen LogP contribution in [0.4, 0.5) is 17.3 Å². The second-order valence-corrected chi connectivity index (χ2v) is 3.60. The zero-order chi connectivity index (χ0) is 12.4. The van der Waals surface area contributed by atoms with Crippen LogP contribution >= 0.6 is 0 Å². The number of hydrogen-bond donors (Lipinski definition) is 2. The van der Waals surface area contributed by atoms with E-state index in [-0.39, 0.29) is 24.0 Å². The number of anilines is 2. The van der Waals surface area contributed by atoms with Gasteiger partial charge < -0.3 is 16.0 Å². The number of rotatable bonds is 2. The van der Waals surface area contributed by atoms with Crippen molar-refractivity contribution >= 4 is 23.2 Å². The summed E-state index contributed by atoms with van der Waals surface area (Å²) in [7, 11) is 0. The lowest BCUT2D eigenvalue weighted by Crippen LogP contribution is -2.48. The molecule has 3 N–H and O–H groups in total. The van der Waals surface area contributed by atoms with Crippen molar-refractivity contribution in [1.29, 1.82) is 0 Å². The lowest BCUT2D eigenvalue weighted by Gasteiger charge is -2.27. The molecule has 0 atom stereocenters. The summed E-state index contributed by atoms with van der Waals surface area (Å²) in [6, 6.07) is 2.79. The number of nitrogens with two attached hydrogens (primary N) is 1. The SMILES string of the molecule is Nc1nc(N2CCNC(=O)C2)ccc1[N+](=O)[O-]. The van der Waals surface area contributed by atoms with Gasteiger partial charge in [0.1, 0.15) is 5.82 Å². The van der Waals surface area contributed by atoms with Crippen molar-refractivity contribution < 1.29 is 9.72 Å². The molecule has 90 valence electrons. The highest BCUT2D eigenvalue weighted by Crippen LogP contribution is 2.23. The van der Waals surface area contributed by atoms with Crippen molar-refractivity contribution in [1.82, 2.24) is 10.3 Å². The van der Waals surface area contributed by atoms with Gasteiger partial charge in [0.2, 0.25) is 11.7 Å². The van der Waals surface area contributed by atoms with Gasteiger partial charge in [-0.1, -0.05) is 0 Å². The van der Waals surface area contributed by atoms with Crippen molar-refractivity contribution in [2.75, 3.05) is 30.3 Å². The van der Waals surface area contributed by atoms with Gasteiger partial charge in [0.05, 0.1) is 11.5 Å². The fraction of sp³-hybridized carbons (Fsp3) is 0.333. The van der Waals surface area contributed by atoms with Gasteiger partial charge in [-0.3, -0.25) is 14.9 Å². The number of amides is 1. The van der Waals surface area contributed by atoms with Crippen molar-refractivity contribution in [3.8, 4) is 0 Å². The highest BCUT2D eigenvalue weighted by Gasteiger charge is 2.20. The third kappa shape index (κ3) is 2.25. The molecule has 0 radical (unpaired) electrons. The largest absolute Gasteiger partial charge is 0.378 e. The third-order valence-electron chi connectivity index (χ3n) is 2.45. The van der Waals surface area contributed by atoms with Crippen molar-refractivity contribution in [2.24, 2.45) is 0 Å². The maximum absolute atomic E-state index is 11.2. The summed E-state index contributed by atoms with van der Waals surface area (Å²) < 4.78 is 0. The second-order valence-electron chi connectivity index (χ2n) is 3.60. The van der Waals surface area contributed by atoms with Crippen LogP contribution in [0.15, 0.2) is 12.1 Å². The maximum Gasteiger partial charge on any atom is 0.311 e. The molecule has 1 aliphatic rings. The minimum Gasteiger partial charge on any atom is -0.378 e. The number of nitrogens with zero attached hydrogens (tertiary/aromatic N) is 3. The van der Waals surface area contributed by atoms with E-state index in [0.29, 0.717) is 18.9 Å². The summed E-state index contributed by atoms with van der Waals surface area (Å²) in [5.74, 6) is 0.233. The van der Waals surface area contributed by atoms with Gasteiger partial charge >= 0.3 is 5.69 Å². The molecule has 2 rings (SSSR count). The van der Waals surface area contributed by atoms with Gasteiger partial charge in [0.25, 0.3) is 0 Å². The third-order valence-corrected chi connectivity index (χ3v) is 2.45. The summed E-state index contributed by atoms with van der Waals surface area (Å²) in [6.07, 6.45) is 0. The van der Waals surface area contributed by atoms with Gasteiger partial charge in [0, 0.05) is 19.2 Å². The molecule has 0 aliphatic carbocycles. The Morgan fingerprint density at radius 1 is 1.53 bits per heavy atom. The average molecular weight is 237 g/mol. The molecule has 1 fully saturated rings. The van der Waals surface area contributed by atoms with Gasteiger partial charge in [-0.25, -0.2) is 4.98 Å². The van der Waals surface area contributed by atoms with Gasteiger partial charge in [-0.2, -0.15) is 0 Å². The minimum atomic E-state index is -0.588. The molecule has 1 aromatic heterocycles. The first-order chi connectivity index (χ1) is 8.08. The van der Waals surface area contributed by atoms with E-state index >= 15 is 0 Å². The standard InChI is InChI=1S/C9H11N5O3/c10-9-6(14(16)17)1-2-7(12-9)13-4-3-11-8(15)5-13/h1-2H,3-5H2,(H2,10,12)(H,11,15). The number of carbonyl (C=O) groups excluding carboxylic acids is 1. The van der Waals surface area contributed by atoms with Crippen LogP contribution in [0.5, 0.6) is 0 Å². The van der Waals surface area contributed by atoms with Gasteiger partial charge in [-0.05, 0) is 6.07 Å². The summed E-state index contributed by atoms with van der Waals surface area (Å²) in [5.41, 5.74) is 5.26. The van der Waals surface area contributed by atoms with Crippen molar-refractivity contribution in [3.05, 3.63) is 22.2 Å². The predicted molar refractivity (Wildman–Crippen MR) is 60.5 cm³/mol. The molecule has 0 bridgehead atoms. The molecule has 1 saturated heterocycles. The van der Waals surface area contributed by atoms with E-state index in [1.807, 2.05) is 0 Å². The van der Waals surface area contributed by atoms with Crippen LogP contribution < -0.4 is 16.0 Å². The summed E-state index contributed by atoms with van der Waals surface area (Å²) in [5, 5.41) is 13.2. The van der Waals surface area contributed by atoms with Crippen LogP contribution in [0, 0.1) is 10.1 Å².